The van der Waals surface area contributed by atoms with Crippen LogP contribution in [0.25, 0.3) is 10.8 Å². The van der Waals surface area contributed by atoms with E-state index < -0.39 is 0 Å². The highest BCUT2D eigenvalue weighted by molar-refractivity contribution is 6.00. The monoisotopic (exact) mass is 287 g/mol. The van der Waals surface area contributed by atoms with Crippen molar-refractivity contribution >= 4 is 22.3 Å². The average Bonchev–Trinajstić information content (AvgIpc) is 2.51. The van der Waals surface area contributed by atoms with E-state index in [1.807, 2.05) is 25.2 Å². The first-order valence-electron chi connectivity index (χ1n) is 7.62. The quantitative estimate of drug-likeness (QED) is 0.822. The second-order valence-electron chi connectivity index (χ2n) is 5.37. The molecule has 0 saturated heterocycles. The number of nitrogens with one attached hydrogen (secondary N) is 1. The summed E-state index contributed by atoms with van der Waals surface area (Å²) in [4.78, 5) is 6.58. The summed E-state index contributed by atoms with van der Waals surface area (Å²) in [5.74, 6) is 0.927. The van der Waals surface area contributed by atoms with Gasteiger partial charge in [0.25, 0.3) is 0 Å². The maximum Gasteiger partial charge on any atom is 0.136 e. The molecule has 0 aliphatic rings. The number of fused-ring (bicyclic) bond motifs is 1. The molecule has 0 bridgehead atoms. The third-order valence-corrected chi connectivity index (χ3v) is 3.82. The van der Waals surface area contributed by atoms with Crippen LogP contribution in [0.15, 0.2) is 24.4 Å². The summed E-state index contributed by atoms with van der Waals surface area (Å²) in [6, 6.07) is 6.61. The van der Waals surface area contributed by atoms with E-state index in [4.69, 9.17) is 5.11 Å². The van der Waals surface area contributed by atoms with Crippen LogP contribution in [0, 0.1) is 0 Å². The minimum atomic E-state index is 0.128. The first-order chi connectivity index (χ1) is 10.2. The molecule has 1 aromatic heterocycles. The van der Waals surface area contributed by atoms with Gasteiger partial charge in [-0.25, -0.2) is 4.98 Å². The van der Waals surface area contributed by atoms with Crippen LogP contribution < -0.4 is 10.2 Å². The van der Waals surface area contributed by atoms with Crippen molar-refractivity contribution < 1.29 is 5.11 Å². The lowest BCUT2D eigenvalue weighted by Crippen LogP contribution is -2.22. The van der Waals surface area contributed by atoms with Crippen LogP contribution in [0.5, 0.6) is 0 Å². The van der Waals surface area contributed by atoms with Crippen molar-refractivity contribution in [1.82, 2.24) is 4.98 Å². The number of aromatic nitrogens is 1. The summed E-state index contributed by atoms with van der Waals surface area (Å²) in [7, 11) is 3.88. The number of benzene rings is 1. The van der Waals surface area contributed by atoms with E-state index in [1.165, 1.54) is 23.8 Å². The summed E-state index contributed by atoms with van der Waals surface area (Å²) in [6.07, 6.45) is 5.35. The molecule has 4 nitrogen and oxygen atoms in total. The Morgan fingerprint density at radius 3 is 2.76 bits per heavy atom. The Hall–Kier alpha value is -1.81. The van der Waals surface area contributed by atoms with E-state index in [0.717, 1.165) is 23.3 Å². The summed E-state index contributed by atoms with van der Waals surface area (Å²) in [5, 5.41) is 14.7. The molecule has 1 heterocycles. The van der Waals surface area contributed by atoms with Crippen molar-refractivity contribution in [2.24, 2.45) is 0 Å². The molecule has 1 aromatic carbocycles. The lowest BCUT2D eigenvalue weighted by Gasteiger charge is -2.20. The van der Waals surface area contributed by atoms with Gasteiger partial charge in [-0.2, -0.15) is 0 Å². The average molecular weight is 287 g/mol. The standard InChI is InChI=1S/C17H25N3O/c1-4-5-6-13-7-8-14-15(11-13)17(20(3)9-10-21)19-12-16(14)18-2/h7-8,11-12,18,21H,4-6,9-10H2,1-3H3. The number of hydrogen-bond acceptors (Lipinski definition) is 4. The van der Waals surface area contributed by atoms with Crippen LogP contribution in [0.4, 0.5) is 11.5 Å². The number of rotatable bonds is 7. The van der Waals surface area contributed by atoms with Crippen LogP contribution >= 0.6 is 0 Å². The van der Waals surface area contributed by atoms with E-state index in [0.29, 0.717) is 6.54 Å². The summed E-state index contributed by atoms with van der Waals surface area (Å²) in [5.41, 5.74) is 2.38. The van der Waals surface area contributed by atoms with Gasteiger partial charge < -0.3 is 15.3 Å². The molecule has 0 fully saturated rings. The molecular formula is C17H25N3O. The molecule has 0 atom stereocenters. The maximum absolute atomic E-state index is 9.16. The van der Waals surface area contributed by atoms with Gasteiger partial charge in [0, 0.05) is 31.4 Å². The highest BCUT2D eigenvalue weighted by Gasteiger charge is 2.11. The Morgan fingerprint density at radius 1 is 1.29 bits per heavy atom. The van der Waals surface area contributed by atoms with E-state index in [1.54, 1.807) is 0 Å². The second-order valence-corrected chi connectivity index (χ2v) is 5.37. The van der Waals surface area contributed by atoms with Gasteiger partial charge in [0.2, 0.25) is 0 Å². The van der Waals surface area contributed by atoms with Crippen molar-refractivity contribution in [3.63, 3.8) is 0 Å². The molecule has 0 unspecified atom stereocenters. The van der Waals surface area contributed by atoms with E-state index in [-0.39, 0.29) is 6.61 Å². The van der Waals surface area contributed by atoms with Gasteiger partial charge in [0.1, 0.15) is 5.82 Å². The highest BCUT2D eigenvalue weighted by Crippen LogP contribution is 2.30. The van der Waals surface area contributed by atoms with Crippen LogP contribution in [0.1, 0.15) is 25.3 Å². The molecule has 2 aromatic rings. The Bertz CT molecular complexity index is 598. The largest absolute Gasteiger partial charge is 0.395 e. The molecule has 114 valence electrons. The normalized spacial score (nSPS) is 10.9. The van der Waals surface area contributed by atoms with Crippen LogP contribution in [-0.2, 0) is 6.42 Å². The molecule has 2 rings (SSSR count). The number of aliphatic hydroxyl groups excluding tert-OH is 1. The Balaban J connectivity index is 2.51. The Morgan fingerprint density at radius 2 is 2.10 bits per heavy atom. The molecule has 21 heavy (non-hydrogen) atoms. The van der Waals surface area contributed by atoms with Crippen molar-refractivity contribution in [2.75, 3.05) is 37.5 Å². The maximum atomic E-state index is 9.16. The van der Waals surface area contributed by atoms with Gasteiger partial charge in [-0.1, -0.05) is 25.5 Å². The Labute approximate surface area is 126 Å². The number of nitrogens with zero attached hydrogens (tertiary/aromatic N) is 2. The van der Waals surface area contributed by atoms with Crippen molar-refractivity contribution in [1.29, 1.82) is 0 Å². The fourth-order valence-electron chi connectivity index (χ4n) is 2.57. The van der Waals surface area contributed by atoms with Crippen LogP contribution in [0.3, 0.4) is 0 Å². The number of anilines is 2. The van der Waals surface area contributed by atoms with E-state index in [9.17, 15) is 0 Å². The lowest BCUT2D eigenvalue weighted by atomic mass is 10.0. The molecule has 0 aliphatic heterocycles. The molecule has 0 spiro atoms. The molecular weight excluding hydrogens is 262 g/mol. The molecule has 0 aliphatic carbocycles. The van der Waals surface area contributed by atoms with Gasteiger partial charge in [0.15, 0.2) is 0 Å². The number of unbranched alkanes of at least 4 members (excludes halogenated alkanes) is 1. The summed E-state index contributed by atoms with van der Waals surface area (Å²) >= 11 is 0. The van der Waals surface area contributed by atoms with Gasteiger partial charge >= 0.3 is 0 Å². The predicted molar refractivity (Wildman–Crippen MR) is 90.3 cm³/mol. The van der Waals surface area contributed by atoms with Crippen LogP contribution in [0.2, 0.25) is 0 Å². The minimum absolute atomic E-state index is 0.128. The SMILES string of the molecule is CCCCc1ccc2c(NC)cnc(N(C)CCO)c2c1. The van der Waals surface area contributed by atoms with Crippen molar-refractivity contribution in [3.8, 4) is 0 Å². The summed E-state index contributed by atoms with van der Waals surface area (Å²) < 4.78 is 0. The minimum Gasteiger partial charge on any atom is -0.395 e. The third-order valence-electron chi connectivity index (χ3n) is 3.82. The first-order valence-corrected chi connectivity index (χ1v) is 7.62. The van der Waals surface area contributed by atoms with Crippen molar-refractivity contribution in [3.05, 3.63) is 30.0 Å². The molecule has 2 N–H and O–H groups in total. The molecule has 0 radical (unpaired) electrons. The number of likely N-dealkylation sites (N-methyl/N-ethyl adjacent to an activating group) is 1. The fourth-order valence-corrected chi connectivity index (χ4v) is 2.57. The molecule has 0 amide bonds. The number of pyridine rings is 1. The molecule has 0 saturated carbocycles. The zero-order valence-electron chi connectivity index (χ0n) is 13.2. The van der Waals surface area contributed by atoms with Gasteiger partial charge in [-0.15, -0.1) is 0 Å². The topological polar surface area (TPSA) is 48.4 Å². The summed E-state index contributed by atoms with van der Waals surface area (Å²) in [6.45, 7) is 2.92. The number of aliphatic hydroxyl groups is 1. The van der Waals surface area contributed by atoms with E-state index in [2.05, 4.69) is 35.4 Å². The third kappa shape index (κ3) is 3.45. The second kappa shape index (κ2) is 7.27. The van der Waals surface area contributed by atoms with E-state index >= 15 is 0 Å². The first kappa shape index (κ1) is 15.6. The lowest BCUT2D eigenvalue weighted by molar-refractivity contribution is 0.304. The smallest absolute Gasteiger partial charge is 0.136 e. The van der Waals surface area contributed by atoms with Crippen LogP contribution in [-0.4, -0.2) is 37.3 Å². The molecule has 4 heteroatoms. The van der Waals surface area contributed by atoms with Gasteiger partial charge in [-0.05, 0) is 24.5 Å². The van der Waals surface area contributed by atoms with Crippen molar-refractivity contribution in [2.45, 2.75) is 26.2 Å². The number of hydrogen-bond donors (Lipinski definition) is 2. The highest BCUT2D eigenvalue weighted by atomic mass is 16.3. The van der Waals surface area contributed by atoms with Gasteiger partial charge in [-0.3, -0.25) is 0 Å². The fraction of sp³-hybridized carbons (Fsp3) is 0.471. The number of aryl methyl sites for hydroxylation is 1. The predicted octanol–water partition coefficient (Wildman–Crippen LogP) is 3.05. The zero-order chi connectivity index (χ0) is 15.2. The zero-order valence-corrected chi connectivity index (χ0v) is 13.2. The Kier molecular flexibility index (Phi) is 5.39. The van der Waals surface area contributed by atoms with Gasteiger partial charge in [0.05, 0.1) is 18.5 Å².